The molecule has 0 saturated heterocycles. The maximum atomic E-state index is 10.6. The Morgan fingerprint density at radius 1 is 1.62 bits per heavy atom. The Bertz CT molecular complexity index is 347. The molecule has 0 heterocycles. The first-order valence-corrected chi connectivity index (χ1v) is 4.00. The number of hydrogen-bond acceptors (Lipinski definition) is 3. The second-order valence-electron chi connectivity index (χ2n) is 2.57. The number of carbonyl (C=O) groups excluding carboxylic acids is 1. The standard InChI is InChI=1S/C9H9ClO3/c1-5-6(4-11)3-7(13-2)9(12)8(5)10/h3-4,12H,1-2H3. The van der Waals surface area contributed by atoms with E-state index in [1.165, 1.54) is 13.2 Å². The van der Waals surface area contributed by atoms with Crippen molar-refractivity contribution < 1.29 is 14.6 Å². The van der Waals surface area contributed by atoms with Crippen molar-refractivity contribution in [2.24, 2.45) is 0 Å². The van der Waals surface area contributed by atoms with Crippen LogP contribution in [0.25, 0.3) is 0 Å². The number of phenolic OH excluding ortho intramolecular Hbond substituents is 1. The minimum atomic E-state index is -0.132. The molecule has 0 aliphatic rings. The van der Waals surface area contributed by atoms with E-state index in [1.54, 1.807) is 6.92 Å². The summed E-state index contributed by atoms with van der Waals surface area (Å²) in [5, 5.41) is 9.58. The zero-order valence-corrected chi connectivity index (χ0v) is 8.05. The summed E-state index contributed by atoms with van der Waals surface area (Å²) in [6.45, 7) is 1.66. The monoisotopic (exact) mass is 200 g/mol. The van der Waals surface area contributed by atoms with Crippen molar-refractivity contribution in [2.45, 2.75) is 6.92 Å². The van der Waals surface area contributed by atoms with Gasteiger partial charge in [-0.15, -0.1) is 0 Å². The van der Waals surface area contributed by atoms with Crippen LogP contribution in [0, 0.1) is 6.92 Å². The van der Waals surface area contributed by atoms with Crippen LogP contribution in [0.15, 0.2) is 6.07 Å². The normalized spacial score (nSPS) is 9.77. The second-order valence-corrected chi connectivity index (χ2v) is 2.95. The molecule has 70 valence electrons. The van der Waals surface area contributed by atoms with Crippen LogP contribution in [0.3, 0.4) is 0 Å². The molecular weight excluding hydrogens is 192 g/mol. The zero-order chi connectivity index (χ0) is 10.0. The fourth-order valence-electron chi connectivity index (χ4n) is 1.01. The number of carbonyl (C=O) groups is 1. The summed E-state index contributed by atoms with van der Waals surface area (Å²) in [6, 6.07) is 1.45. The first kappa shape index (κ1) is 9.86. The molecule has 0 aromatic heterocycles. The van der Waals surface area contributed by atoms with Gasteiger partial charge in [0.1, 0.15) is 0 Å². The van der Waals surface area contributed by atoms with Gasteiger partial charge < -0.3 is 9.84 Å². The number of methoxy groups -OCH3 is 1. The minimum Gasteiger partial charge on any atom is -0.503 e. The Balaban J connectivity index is 3.45. The third-order valence-electron chi connectivity index (χ3n) is 1.84. The van der Waals surface area contributed by atoms with Gasteiger partial charge in [-0.3, -0.25) is 4.79 Å². The van der Waals surface area contributed by atoms with E-state index < -0.39 is 0 Å². The van der Waals surface area contributed by atoms with Crippen molar-refractivity contribution in [3.8, 4) is 11.5 Å². The lowest BCUT2D eigenvalue weighted by molar-refractivity contribution is 0.112. The molecule has 0 bridgehead atoms. The topological polar surface area (TPSA) is 46.5 Å². The maximum Gasteiger partial charge on any atom is 0.177 e. The van der Waals surface area contributed by atoms with Crippen molar-refractivity contribution in [2.75, 3.05) is 7.11 Å². The van der Waals surface area contributed by atoms with Crippen LogP contribution in [0.5, 0.6) is 11.5 Å². The van der Waals surface area contributed by atoms with Crippen LogP contribution >= 0.6 is 11.6 Å². The predicted octanol–water partition coefficient (Wildman–Crippen LogP) is 2.18. The fraction of sp³-hybridized carbons (Fsp3) is 0.222. The summed E-state index contributed by atoms with van der Waals surface area (Å²) in [6.07, 6.45) is 0.670. The minimum absolute atomic E-state index is 0.132. The van der Waals surface area contributed by atoms with Gasteiger partial charge in [0.15, 0.2) is 17.8 Å². The molecule has 0 fully saturated rings. The number of hydrogen-bond donors (Lipinski definition) is 1. The van der Waals surface area contributed by atoms with Crippen molar-refractivity contribution >= 4 is 17.9 Å². The van der Waals surface area contributed by atoms with E-state index in [4.69, 9.17) is 16.3 Å². The van der Waals surface area contributed by atoms with Gasteiger partial charge in [-0.2, -0.15) is 0 Å². The SMILES string of the molecule is COc1cc(C=O)c(C)c(Cl)c1O. The molecule has 0 saturated carbocycles. The second kappa shape index (κ2) is 3.66. The van der Waals surface area contributed by atoms with E-state index in [2.05, 4.69) is 0 Å². The molecular formula is C9H9ClO3. The molecule has 0 radical (unpaired) electrons. The van der Waals surface area contributed by atoms with Crippen molar-refractivity contribution in [3.63, 3.8) is 0 Å². The number of aldehydes is 1. The molecule has 3 nitrogen and oxygen atoms in total. The van der Waals surface area contributed by atoms with Crippen LogP contribution in [-0.2, 0) is 0 Å². The van der Waals surface area contributed by atoms with Gasteiger partial charge in [-0.1, -0.05) is 11.6 Å². The molecule has 0 spiro atoms. The summed E-state index contributed by atoms with van der Waals surface area (Å²) >= 11 is 5.76. The maximum absolute atomic E-state index is 10.6. The largest absolute Gasteiger partial charge is 0.503 e. The van der Waals surface area contributed by atoms with Gasteiger partial charge in [0.05, 0.1) is 12.1 Å². The third kappa shape index (κ3) is 1.60. The lowest BCUT2D eigenvalue weighted by Crippen LogP contribution is -1.92. The van der Waals surface area contributed by atoms with E-state index in [1.807, 2.05) is 0 Å². The van der Waals surface area contributed by atoms with Crippen LogP contribution < -0.4 is 4.74 Å². The Hall–Kier alpha value is -1.22. The van der Waals surface area contributed by atoms with Crippen LogP contribution in [0.4, 0.5) is 0 Å². The number of aromatic hydroxyl groups is 1. The Kier molecular flexibility index (Phi) is 2.78. The van der Waals surface area contributed by atoms with E-state index in [9.17, 15) is 9.90 Å². The summed E-state index contributed by atoms with van der Waals surface area (Å²) in [7, 11) is 1.40. The van der Waals surface area contributed by atoms with Gasteiger partial charge in [-0.05, 0) is 18.6 Å². The van der Waals surface area contributed by atoms with E-state index in [0.29, 0.717) is 17.4 Å². The molecule has 1 aromatic rings. The lowest BCUT2D eigenvalue weighted by Gasteiger charge is -2.08. The average molecular weight is 201 g/mol. The Labute approximate surface area is 80.9 Å². The molecule has 1 N–H and O–H groups in total. The first-order valence-electron chi connectivity index (χ1n) is 3.63. The highest BCUT2D eigenvalue weighted by Crippen LogP contribution is 2.37. The fourth-order valence-corrected chi connectivity index (χ4v) is 1.21. The first-order chi connectivity index (χ1) is 6.11. The lowest BCUT2D eigenvalue weighted by atomic mass is 10.1. The Morgan fingerprint density at radius 2 is 2.23 bits per heavy atom. The van der Waals surface area contributed by atoms with E-state index in [0.717, 1.165) is 0 Å². The number of halogens is 1. The van der Waals surface area contributed by atoms with Gasteiger partial charge in [0.2, 0.25) is 0 Å². The summed E-state index contributed by atoms with van der Waals surface area (Å²) < 4.78 is 4.83. The molecule has 1 aromatic carbocycles. The highest BCUT2D eigenvalue weighted by atomic mass is 35.5. The molecule has 1 rings (SSSR count). The van der Waals surface area contributed by atoms with Gasteiger partial charge in [-0.25, -0.2) is 0 Å². The van der Waals surface area contributed by atoms with E-state index >= 15 is 0 Å². The van der Waals surface area contributed by atoms with Crippen molar-refractivity contribution in [1.29, 1.82) is 0 Å². The van der Waals surface area contributed by atoms with Crippen LogP contribution in [0.1, 0.15) is 15.9 Å². The number of phenols is 1. The van der Waals surface area contributed by atoms with Gasteiger partial charge >= 0.3 is 0 Å². The molecule has 4 heteroatoms. The molecule has 13 heavy (non-hydrogen) atoms. The predicted molar refractivity (Wildman–Crippen MR) is 49.8 cm³/mol. The van der Waals surface area contributed by atoms with Gasteiger partial charge in [0.25, 0.3) is 0 Å². The molecule has 0 aliphatic heterocycles. The van der Waals surface area contributed by atoms with Crippen molar-refractivity contribution in [1.82, 2.24) is 0 Å². The smallest absolute Gasteiger partial charge is 0.177 e. The van der Waals surface area contributed by atoms with Crippen LogP contribution in [-0.4, -0.2) is 18.5 Å². The van der Waals surface area contributed by atoms with Crippen molar-refractivity contribution in [3.05, 3.63) is 22.2 Å². The quantitative estimate of drug-likeness (QED) is 0.745. The average Bonchev–Trinajstić information content (AvgIpc) is 2.15. The summed E-state index contributed by atoms with van der Waals surface area (Å²) in [4.78, 5) is 10.6. The number of rotatable bonds is 2. The Morgan fingerprint density at radius 3 is 2.69 bits per heavy atom. The number of benzene rings is 1. The third-order valence-corrected chi connectivity index (χ3v) is 2.30. The highest BCUT2D eigenvalue weighted by Gasteiger charge is 2.12. The van der Waals surface area contributed by atoms with Gasteiger partial charge in [0, 0.05) is 5.56 Å². The van der Waals surface area contributed by atoms with Crippen LogP contribution in [0.2, 0.25) is 5.02 Å². The highest BCUT2D eigenvalue weighted by molar-refractivity contribution is 6.33. The number of ether oxygens (including phenoxy) is 1. The molecule has 0 atom stereocenters. The summed E-state index contributed by atoms with van der Waals surface area (Å²) in [5.74, 6) is 0.0740. The molecule has 0 unspecified atom stereocenters. The molecule has 0 aliphatic carbocycles. The zero-order valence-electron chi connectivity index (χ0n) is 7.30. The van der Waals surface area contributed by atoms with E-state index in [-0.39, 0.29) is 16.5 Å². The molecule has 0 amide bonds. The summed E-state index contributed by atoms with van der Waals surface area (Å²) in [5.41, 5.74) is 0.967.